The molecule has 1 heterocycles. The second-order valence-corrected chi connectivity index (χ2v) is 5.55. The molecule has 1 aromatic rings. The highest BCUT2D eigenvalue weighted by Crippen LogP contribution is 2.31. The molecule has 1 aromatic heterocycles. The van der Waals surface area contributed by atoms with Gasteiger partial charge in [0.05, 0.1) is 0 Å². The van der Waals surface area contributed by atoms with E-state index < -0.39 is 0 Å². The number of nitrogens with zero attached hydrogens (tertiary/aromatic N) is 1. The summed E-state index contributed by atoms with van der Waals surface area (Å²) in [5, 5.41) is 8.76. The van der Waals surface area contributed by atoms with Gasteiger partial charge in [-0.05, 0) is 19.9 Å². The lowest BCUT2D eigenvalue weighted by atomic mass is 9.79. The molecule has 1 aliphatic rings. The third-order valence-electron chi connectivity index (χ3n) is 3.52. The monoisotopic (exact) mass is 253 g/mol. The number of nitrogens with one attached hydrogen (secondary N) is 2. The minimum Gasteiger partial charge on any atom is -0.314 e. The van der Waals surface area contributed by atoms with E-state index in [2.05, 4.69) is 15.6 Å². The number of anilines is 1. The van der Waals surface area contributed by atoms with Crippen LogP contribution >= 0.6 is 11.3 Å². The molecule has 0 spiro atoms. The predicted molar refractivity (Wildman–Crippen MR) is 70.2 cm³/mol. The van der Waals surface area contributed by atoms with E-state index in [-0.39, 0.29) is 11.4 Å². The number of amides is 1. The van der Waals surface area contributed by atoms with Gasteiger partial charge in [0.25, 0.3) is 0 Å². The molecule has 0 radical (unpaired) electrons. The summed E-state index contributed by atoms with van der Waals surface area (Å²) in [6, 6.07) is 0. The molecular formula is C12H19N3OS. The topological polar surface area (TPSA) is 54.0 Å². The van der Waals surface area contributed by atoms with Gasteiger partial charge in [-0.15, -0.1) is 11.3 Å². The highest BCUT2D eigenvalue weighted by Gasteiger charge is 2.32. The van der Waals surface area contributed by atoms with E-state index in [0.717, 1.165) is 12.8 Å². The Kier molecular flexibility index (Phi) is 4.12. The van der Waals surface area contributed by atoms with Gasteiger partial charge in [0.15, 0.2) is 5.13 Å². The molecule has 0 bridgehead atoms. The van der Waals surface area contributed by atoms with Gasteiger partial charge in [-0.1, -0.05) is 19.3 Å². The molecule has 0 atom stereocenters. The van der Waals surface area contributed by atoms with Crippen molar-refractivity contribution in [2.75, 3.05) is 12.4 Å². The van der Waals surface area contributed by atoms with Crippen LogP contribution in [0.5, 0.6) is 0 Å². The molecule has 0 unspecified atom stereocenters. The van der Waals surface area contributed by atoms with Crippen molar-refractivity contribution in [3.63, 3.8) is 0 Å². The van der Waals surface area contributed by atoms with E-state index in [1.807, 2.05) is 12.4 Å². The smallest absolute Gasteiger partial charge is 0.228 e. The van der Waals surface area contributed by atoms with Gasteiger partial charge in [-0.3, -0.25) is 4.79 Å². The summed E-state index contributed by atoms with van der Waals surface area (Å²) in [7, 11) is 1.96. The molecule has 5 heteroatoms. The zero-order chi connectivity index (χ0) is 12.1. The van der Waals surface area contributed by atoms with Crippen molar-refractivity contribution in [3.8, 4) is 0 Å². The van der Waals surface area contributed by atoms with Crippen LogP contribution in [0.15, 0.2) is 11.6 Å². The fourth-order valence-corrected chi connectivity index (χ4v) is 3.04. The zero-order valence-electron chi connectivity index (χ0n) is 10.2. The van der Waals surface area contributed by atoms with E-state index in [1.165, 1.54) is 30.6 Å². The highest BCUT2D eigenvalue weighted by atomic mass is 32.1. The van der Waals surface area contributed by atoms with Gasteiger partial charge in [0, 0.05) is 23.5 Å². The number of carbonyl (C=O) groups is 1. The van der Waals surface area contributed by atoms with Crippen molar-refractivity contribution < 1.29 is 4.79 Å². The fraction of sp³-hybridized carbons (Fsp3) is 0.667. The van der Waals surface area contributed by atoms with Gasteiger partial charge < -0.3 is 10.6 Å². The molecule has 17 heavy (non-hydrogen) atoms. The average molecular weight is 253 g/mol. The minimum absolute atomic E-state index is 0.000404. The van der Waals surface area contributed by atoms with Crippen molar-refractivity contribution in [3.05, 3.63) is 11.6 Å². The second kappa shape index (κ2) is 5.60. The van der Waals surface area contributed by atoms with Crippen molar-refractivity contribution in [2.45, 2.75) is 44.1 Å². The lowest BCUT2D eigenvalue weighted by molar-refractivity contribution is -0.117. The predicted octanol–water partition coefficient (Wildman–Crippen LogP) is 2.39. The summed E-state index contributed by atoms with van der Waals surface area (Å²) >= 11 is 1.46. The molecule has 2 rings (SSSR count). The van der Waals surface area contributed by atoms with Crippen LogP contribution in [0, 0.1) is 0 Å². The van der Waals surface area contributed by atoms with E-state index >= 15 is 0 Å². The number of aromatic nitrogens is 1. The van der Waals surface area contributed by atoms with Crippen molar-refractivity contribution in [2.24, 2.45) is 0 Å². The molecule has 4 nitrogen and oxygen atoms in total. The molecule has 0 aromatic carbocycles. The van der Waals surface area contributed by atoms with Gasteiger partial charge in [-0.25, -0.2) is 4.98 Å². The third kappa shape index (κ3) is 3.26. The van der Waals surface area contributed by atoms with Gasteiger partial charge >= 0.3 is 0 Å². The SMILES string of the molecule is CNC1(CC(=O)Nc2nccs2)CCCCC1. The van der Waals surface area contributed by atoms with Crippen LogP contribution in [0.2, 0.25) is 0 Å². The summed E-state index contributed by atoms with van der Waals surface area (Å²) in [6.07, 6.45) is 8.15. The Morgan fingerprint density at radius 1 is 1.47 bits per heavy atom. The molecule has 94 valence electrons. The average Bonchev–Trinajstić information content (AvgIpc) is 2.83. The number of thiazole rings is 1. The first-order valence-corrected chi connectivity index (χ1v) is 7.00. The molecular weight excluding hydrogens is 234 g/mol. The van der Waals surface area contributed by atoms with Gasteiger partial charge in [0.2, 0.25) is 5.91 Å². The molecule has 0 aliphatic heterocycles. The molecule has 1 aliphatic carbocycles. The first kappa shape index (κ1) is 12.5. The largest absolute Gasteiger partial charge is 0.314 e. The summed E-state index contributed by atoms with van der Waals surface area (Å²) in [5.74, 6) is 0.0659. The fourth-order valence-electron chi connectivity index (χ4n) is 2.50. The van der Waals surface area contributed by atoms with Crippen molar-refractivity contribution in [1.82, 2.24) is 10.3 Å². The number of hydrogen-bond donors (Lipinski definition) is 2. The molecule has 2 N–H and O–H groups in total. The zero-order valence-corrected chi connectivity index (χ0v) is 11.0. The third-order valence-corrected chi connectivity index (χ3v) is 4.21. The molecule has 0 saturated heterocycles. The Morgan fingerprint density at radius 3 is 2.82 bits per heavy atom. The molecule has 1 fully saturated rings. The molecule has 1 saturated carbocycles. The quantitative estimate of drug-likeness (QED) is 0.866. The van der Waals surface area contributed by atoms with Crippen LogP contribution in [-0.4, -0.2) is 23.5 Å². The van der Waals surface area contributed by atoms with E-state index in [4.69, 9.17) is 0 Å². The van der Waals surface area contributed by atoms with Crippen LogP contribution in [0.3, 0.4) is 0 Å². The summed E-state index contributed by atoms with van der Waals surface area (Å²) in [6.45, 7) is 0. The van der Waals surface area contributed by atoms with E-state index in [1.54, 1.807) is 6.20 Å². The van der Waals surface area contributed by atoms with Gasteiger partial charge in [-0.2, -0.15) is 0 Å². The Labute approximate surface area is 106 Å². The van der Waals surface area contributed by atoms with Crippen LogP contribution in [0.4, 0.5) is 5.13 Å². The van der Waals surface area contributed by atoms with Crippen molar-refractivity contribution in [1.29, 1.82) is 0 Å². The standard InChI is InChI=1S/C12H19N3OS/c1-13-12(5-3-2-4-6-12)9-10(16)15-11-14-7-8-17-11/h7-8,13H,2-6,9H2,1H3,(H,14,15,16). The number of rotatable bonds is 4. The minimum atomic E-state index is -0.000404. The second-order valence-electron chi connectivity index (χ2n) is 4.65. The maximum atomic E-state index is 12.0. The van der Waals surface area contributed by atoms with Crippen LogP contribution < -0.4 is 10.6 Å². The Bertz CT molecular complexity index is 358. The van der Waals surface area contributed by atoms with Crippen molar-refractivity contribution >= 4 is 22.4 Å². The summed E-state index contributed by atoms with van der Waals surface area (Å²) in [4.78, 5) is 16.0. The lowest BCUT2D eigenvalue weighted by Crippen LogP contribution is -2.47. The van der Waals surface area contributed by atoms with Gasteiger partial charge in [0.1, 0.15) is 0 Å². The number of hydrogen-bond acceptors (Lipinski definition) is 4. The molecule has 1 amide bonds. The first-order chi connectivity index (χ1) is 8.24. The van der Waals surface area contributed by atoms with E-state index in [9.17, 15) is 4.79 Å². The maximum absolute atomic E-state index is 12.0. The maximum Gasteiger partial charge on any atom is 0.228 e. The Hall–Kier alpha value is -0.940. The number of carbonyl (C=O) groups excluding carboxylic acids is 1. The Morgan fingerprint density at radius 2 is 2.24 bits per heavy atom. The lowest BCUT2D eigenvalue weighted by Gasteiger charge is -2.36. The van der Waals surface area contributed by atoms with Crippen LogP contribution in [-0.2, 0) is 4.79 Å². The Balaban J connectivity index is 1.91. The summed E-state index contributed by atoms with van der Waals surface area (Å²) in [5.41, 5.74) is -0.000404. The highest BCUT2D eigenvalue weighted by molar-refractivity contribution is 7.13. The normalized spacial score (nSPS) is 18.9. The van der Waals surface area contributed by atoms with Crippen LogP contribution in [0.1, 0.15) is 38.5 Å². The van der Waals surface area contributed by atoms with E-state index in [0.29, 0.717) is 11.6 Å². The summed E-state index contributed by atoms with van der Waals surface area (Å²) < 4.78 is 0. The van der Waals surface area contributed by atoms with Crippen LogP contribution in [0.25, 0.3) is 0 Å². The first-order valence-electron chi connectivity index (χ1n) is 6.12.